The molecule has 1 aromatic heterocycles. The highest BCUT2D eigenvalue weighted by atomic mass is 16.3. The van der Waals surface area contributed by atoms with Gasteiger partial charge >= 0.3 is 0 Å². The van der Waals surface area contributed by atoms with Crippen LogP contribution in [0, 0.1) is 6.92 Å². The number of hydrogen-bond acceptors (Lipinski definition) is 3. The Bertz CT molecular complexity index is 589. The quantitative estimate of drug-likeness (QED) is 0.887. The Hall–Kier alpha value is -1.88. The van der Waals surface area contributed by atoms with Crippen molar-refractivity contribution in [2.75, 3.05) is 18.6 Å². The lowest BCUT2D eigenvalue weighted by Crippen LogP contribution is -2.26. The number of nitrogens with zero attached hydrogens (tertiary/aromatic N) is 3. The molecule has 1 amide bonds. The average molecular weight is 247 g/mol. The van der Waals surface area contributed by atoms with E-state index in [0.717, 1.165) is 22.5 Å². The lowest BCUT2D eigenvalue weighted by atomic mass is 10.2. The van der Waals surface area contributed by atoms with E-state index in [2.05, 4.69) is 4.98 Å². The molecule has 96 valence electrons. The van der Waals surface area contributed by atoms with Gasteiger partial charge in [0.25, 0.3) is 0 Å². The van der Waals surface area contributed by atoms with Gasteiger partial charge in [-0.05, 0) is 25.1 Å². The minimum absolute atomic E-state index is 0.107. The number of aryl methyl sites for hydroxylation is 2. The maximum Gasteiger partial charge on any atom is 0.229 e. The normalized spacial score (nSPS) is 10.9. The molecule has 0 aliphatic heterocycles. The minimum atomic E-state index is -0.131. The van der Waals surface area contributed by atoms with Gasteiger partial charge in [0.05, 0.1) is 24.1 Å². The smallest absolute Gasteiger partial charge is 0.229 e. The number of aliphatic hydroxyl groups excluding tert-OH is 1. The highest BCUT2D eigenvalue weighted by molar-refractivity contribution is 5.95. The summed E-state index contributed by atoms with van der Waals surface area (Å²) in [5.74, 6) is 0.830. The molecular formula is C13H17N3O2. The van der Waals surface area contributed by atoms with Crippen LogP contribution < -0.4 is 4.90 Å². The Morgan fingerprint density at radius 1 is 1.50 bits per heavy atom. The Balaban J connectivity index is 2.38. The third-order valence-electron chi connectivity index (χ3n) is 3.18. The fourth-order valence-corrected chi connectivity index (χ4v) is 1.92. The molecule has 0 spiro atoms. The predicted molar refractivity (Wildman–Crippen MR) is 70.6 cm³/mol. The van der Waals surface area contributed by atoms with Gasteiger partial charge in [0.15, 0.2) is 0 Å². The molecular weight excluding hydrogens is 230 g/mol. The van der Waals surface area contributed by atoms with Crippen molar-refractivity contribution < 1.29 is 9.90 Å². The fraction of sp³-hybridized carbons (Fsp3) is 0.385. The number of carbonyl (C=O) groups excluding carboxylic acids is 1. The molecule has 2 rings (SSSR count). The number of aliphatic hydroxyl groups is 1. The molecule has 5 heteroatoms. The van der Waals surface area contributed by atoms with E-state index in [-0.39, 0.29) is 18.9 Å². The van der Waals surface area contributed by atoms with E-state index in [1.807, 2.05) is 36.7 Å². The number of imidazole rings is 1. The van der Waals surface area contributed by atoms with Crippen molar-refractivity contribution in [3.8, 4) is 0 Å². The fourth-order valence-electron chi connectivity index (χ4n) is 1.92. The minimum Gasteiger partial charge on any atom is -0.396 e. The Morgan fingerprint density at radius 2 is 2.22 bits per heavy atom. The Morgan fingerprint density at radius 3 is 2.89 bits per heavy atom. The first kappa shape index (κ1) is 12.6. The molecule has 0 bridgehead atoms. The van der Waals surface area contributed by atoms with Gasteiger partial charge in [-0.15, -0.1) is 0 Å². The van der Waals surface area contributed by atoms with Gasteiger partial charge in [-0.2, -0.15) is 0 Å². The lowest BCUT2D eigenvalue weighted by molar-refractivity contribution is -0.118. The summed E-state index contributed by atoms with van der Waals surface area (Å²) >= 11 is 0. The SMILES string of the molecule is Cc1nc2cc(N(C)C(=O)CCO)ccc2n1C. The summed E-state index contributed by atoms with van der Waals surface area (Å²) < 4.78 is 2.01. The third-order valence-corrected chi connectivity index (χ3v) is 3.18. The van der Waals surface area contributed by atoms with Crippen molar-refractivity contribution in [1.82, 2.24) is 9.55 Å². The van der Waals surface area contributed by atoms with Crippen LogP contribution in [-0.2, 0) is 11.8 Å². The topological polar surface area (TPSA) is 58.4 Å². The van der Waals surface area contributed by atoms with Gasteiger partial charge in [-0.3, -0.25) is 4.79 Å². The molecule has 0 saturated carbocycles. The summed E-state index contributed by atoms with van der Waals surface area (Å²) in [6.07, 6.45) is 0.135. The third kappa shape index (κ3) is 2.09. The first-order valence-electron chi connectivity index (χ1n) is 5.85. The number of aromatic nitrogens is 2. The second-order valence-electron chi connectivity index (χ2n) is 4.32. The van der Waals surface area contributed by atoms with Crippen molar-refractivity contribution >= 4 is 22.6 Å². The molecule has 0 saturated heterocycles. The molecule has 1 N–H and O–H groups in total. The first-order valence-corrected chi connectivity index (χ1v) is 5.85. The predicted octanol–water partition coefficient (Wildman–Crippen LogP) is 1.23. The molecule has 1 aromatic carbocycles. The summed E-state index contributed by atoms with van der Waals surface area (Å²) in [7, 11) is 3.67. The summed E-state index contributed by atoms with van der Waals surface area (Å²) in [6.45, 7) is 1.81. The maximum absolute atomic E-state index is 11.7. The van der Waals surface area contributed by atoms with Crippen molar-refractivity contribution in [3.63, 3.8) is 0 Å². The van der Waals surface area contributed by atoms with E-state index in [4.69, 9.17) is 5.11 Å². The van der Waals surface area contributed by atoms with Gasteiger partial charge in [-0.25, -0.2) is 4.98 Å². The van der Waals surface area contributed by atoms with Crippen LogP contribution >= 0.6 is 0 Å². The average Bonchev–Trinajstić information content (AvgIpc) is 2.64. The van der Waals surface area contributed by atoms with Crippen molar-refractivity contribution in [2.45, 2.75) is 13.3 Å². The summed E-state index contributed by atoms with van der Waals surface area (Å²) in [4.78, 5) is 17.7. The van der Waals surface area contributed by atoms with Gasteiger partial charge < -0.3 is 14.6 Å². The van der Waals surface area contributed by atoms with E-state index in [9.17, 15) is 4.79 Å². The lowest BCUT2D eigenvalue weighted by Gasteiger charge is -2.16. The van der Waals surface area contributed by atoms with Crippen LogP contribution in [0.5, 0.6) is 0 Å². The molecule has 0 atom stereocenters. The second kappa shape index (κ2) is 4.78. The van der Waals surface area contributed by atoms with Crippen LogP contribution in [0.25, 0.3) is 11.0 Å². The van der Waals surface area contributed by atoms with Crippen molar-refractivity contribution in [2.24, 2.45) is 7.05 Å². The molecule has 5 nitrogen and oxygen atoms in total. The largest absolute Gasteiger partial charge is 0.396 e. The van der Waals surface area contributed by atoms with Gasteiger partial charge in [-0.1, -0.05) is 0 Å². The number of rotatable bonds is 3. The van der Waals surface area contributed by atoms with Crippen LogP contribution in [0.3, 0.4) is 0 Å². The zero-order valence-electron chi connectivity index (χ0n) is 10.8. The van der Waals surface area contributed by atoms with E-state index < -0.39 is 0 Å². The summed E-state index contributed by atoms with van der Waals surface area (Å²) in [5, 5.41) is 8.78. The summed E-state index contributed by atoms with van der Waals surface area (Å²) in [6, 6.07) is 5.73. The zero-order valence-corrected chi connectivity index (χ0v) is 10.8. The molecule has 0 aliphatic carbocycles. The Labute approximate surface area is 106 Å². The maximum atomic E-state index is 11.7. The molecule has 18 heavy (non-hydrogen) atoms. The number of hydrogen-bond donors (Lipinski definition) is 1. The second-order valence-corrected chi connectivity index (χ2v) is 4.32. The van der Waals surface area contributed by atoms with Gasteiger partial charge in [0.2, 0.25) is 5.91 Å². The van der Waals surface area contributed by atoms with E-state index in [1.54, 1.807) is 11.9 Å². The highest BCUT2D eigenvalue weighted by Gasteiger charge is 2.12. The van der Waals surface area contributed by atoms with Gasteiger partial charge in [0, 0.05) is 19.8 Å². The number of anilines is 1. The molecule has 0 fully saturated rings. The monoisotopic (exact) mass is 247 g/mol. The Kier molecular flexibility index (Phi) is 3.34. The number of carbonyl (C=O) groups is 1. The number of benzene rings is 1. The van der Waals surface area contributed by atoms with Crippen LogP contribution in [0.2, 0.25) is 0 Å². The van der Waals surface area contributed by atoms with E-state index in [1.165, 1.54) is 0 Å². The number of fused-ring (bicyclic) bond motifs is 1. The molecule has 0 unspecified atom stereocenters. The van der Waals surface area contributed by atoms with Crippen LogP contribution in [0.4, 0.5) is 5.69 Å². The van der Waals surface area contributed by atoms with Crippen LogP contribution in [-0.4, -0.2) is 34.2 Å². The van der Waals surface area contributed by atoms with Gasteiger partial charge in [0.1, 0.15) is 5.82 Å². The molecule has 1 heterocycles. The molecule has 0 radical (unpaired) electrons. The van der Waals surface area contributed by atoms with Crippen LogP contribution in [0.15, 0.2) is 18.2 Å². The zero-order chi connectivity index (χ0) is 13.3. The van der Waals surface area contributed by atoms with E-state index >= 15 is 0 Å². The number of amides is 1. The first-order chi connectivity index (χ1) is 8.54. The molecule has 0 aliphatic rings. The van der Waals surface area contributed by atoms with Crippen LogP contribution in [0.1, 0.15) is 12.2 Å². The molecule has 2 aromatic rings. The van der Waals surface area contributed by atoms with Crippen molar-refractivity contribution in [1.29, 1.82) is 0 Å². The highest BCUT2D eigenvalue weighted by Crippen LogP contribution is 2.21. The van der Waals surface area contributed by atoms with Crippen molar-refractivity contribution in [3.05, 3.63) is 24.0 Å². The van der Waals surface area contributed by atoms with E-state index in [0.29, 0.717) is 0 Å². The summed E-state index contributed by atoms with van der Waals surface area (Å²) in [5.41, 5.74) is 2.70. The standard InChI is InChI=1S/C13H17N3O2/c1-9-14-11-8-10(4-5-12(11)15(9)2)16(3)13(18)6-7-17/h4-5,8,17H,6-7H2,1-3H3.